The molecular formula is C17H22N4. The molecule has 3 rings (SSSR count). The van der Waals surface area contributed by atoms with Crippen LogP contribution in [-0.2, 0) is 13.0 Å². The van der Waals surface area contributed by atoms with Gasteiger partial charge in [0.25, 0.3) is 0 Å². The molecular weight excluding hydrogens is 260 g/mol. The van der Waals surface area contributed by atoms with Gasteiger partial charge in [0.15, 0.2) is 5.82 Å². The quantitative estimate of drug-likeness (QED) is 0.920. The molecule has 0 amide bonds. The number of fused-ring (bicyclic) bond motifs is 1. The SMILES string of the molecule is Cc1ccc2c(c1)CCCN2c1nnc(C)c(C)c1CN. The van der Waals surface area contributed by atoms with Crippen LogP contribution in [0.1, 0.15) is 34.4 Å². The maximum Gasteiger partial charge on any atom is 0.160 e. The Labute approximate surface area is 126 Å². The summed E-state index contributed by atoms with van der Waals surface area (Å²) in [6, 6.07) is 6.63. The van der Waals surface area contributed by atoms with Gasteiger partial charge < -0.3 is 10.6 Å². The van der Waals surface area contributed by atoms with Crippen LogP contribution in [0, 0.1) is 20.8 Å². The summed E-state index contributed by atoms with van der Waals surface area (Å²) in [4.78, 5) is 2.28. The summed E-state index contributed by atoms with van der Waals surface area (Å²) in [6.45, 7) is 7.67. The lowest BCUT2D eigenvalue weighted by Gasteiger charge is -2.32. The molecule has 21 heavy (non-hydrogen) atoms. The molecule has 2 N–H and O–H groups in total. The number of anilines is 2. The summed E-state index contributed by atoms with van der Waals surface area (Å²) in [5.41, 5.74) is 13.1. The van der Waals surface area contributed by atoms with E-state index in [1.54, 1.807) is 0 Å². The molecule has 1 aromatic heterocycles. The summed E-state index contributed by atoms with van der Waals surface area (Å²) < 4.78 is 0. The third-order valence-electron chi connectivity index (χ3n) is 4.37. The van der Waals surface area contributed by atoms with E-state index < -0.39 is 0 Å². The first kappa shape index (κ1) is 14.0. The third-order valence-corrected chi connectivity index (χ3v) is 4.37. The van der Waals surface area contributed by atoms with Crippen LogP contribution in [0.2, 0.25) is 0 Å². The largest absolute Gasteiger partial charge is 0.326 e. The maximum atomic E-state index is 5.98. The van der Waals surface area contributed by atoms with Crippen molar-refractivity contribution >= 4 is 11.5 Å². The molecule has 0 atom stereocenters. The Morgan fingerprint density at radius 3 is 2.76 bits per heavy atom. The van der Waals surface area contributed by atoms with E-state index in [1.807, 2.05) is 6.92 Å². The number of rotatable bonds is 2. The first-order valence-corrected chi connectivity index (χ1v) is 7.51. The van der Waals surface area contributed by atoms with Gasteiger partial charge in [-0.25, -0.2) is 0 Å². The Bertz CT molecular complexity index is 679. The maximum absolute atomic E-state index is 5.98. The minimum Gasteiger partial charge on any atom is -0.326 e. The molecule has 0 aliphatic carbocycles. The van der Waals surface area contributed by atoms with Crippen LogP contribution in [-0.4, -0.2) is 16.7 Å². The Morgan fingerprint density at radius 1 is 1.19 bits per heavy atom. The molecule has 0 unspecified atom stereocenters. The lowest BCUT2D eigenvalue weighted by atomic mass is 9.98. The monoisotopic (exact) mass is 282 g/mol. The fourth-order valence-electron chi connectivity index (χ4n) is 3.05. The van der Waals surface area contributed by atoms with Crippen molar-refractivity contribution in [2.75, 3.05) is 11.4 Å². The second-order valence-electron chi connectivity index (χ2n) is 5.80. The number of hydrogen-bond acceptors (Lipinski definition) is 4. The van der Waals surface area contributed by atoms with Gasteiger partial charge in [0, 0.05) is 24.3 Å². The lowest BCUT2D eigenvalue weighted by Crippen LogP contribution is -2.28. The van der Waals surface area contributed by atoms with E-state index in [4.69, 9.17) is 5.73 Å². The number of hydrogen-bond donors (Lipinski definition) is 1. The number of nitrogens with two attached hydrogens (primary N) is 1. The van der Waals surface area contributed by atoms with Gasteiger partial charge in [-0.2, -0.15) is 5.10 Å². The molecule has 1 aliphatic rings. The van der Waals surface area contributed by atoms with E-state index in [0.29, 0.717) is 6.54 Å². The summed E-state index contributed by atoms with van der Waals surface area (Å²) in [5, 5.41) is 8.76. The highest BCUT2D eigenvalue weighted by atomic mass is 15.3. The topological polar surface area (TPSA) is 55.0 Å². The average molecular weight is 282 g/mol. The highest BCUT2D eigenvalue weighted by Gasteiger charge is 2.23. The second-order valence-corrected chi connectivity index (χ2v) is 5.80. The van der Waals surface area contributed by atoms with Crippen molar-refractivity contribution < 1.29 is 0 Å². The molecule has 4 heteroatoms. The summed E-state index contributed by atoms with van der Waals surface area (Å²) >= 11 is 0. The third kappa shape index (κ3) is 2.40. The van der Waals surface area contributed by atoms with Crippen LogP contribution >= 0.6 is 0 Å². The first-order chi connectivity index (χ1) is 10.1. The Kier molecular flexibility index (Phi) is 3.64. The molecule has 0 spiro atoms. The van der Waals surface area contributed by atoms with Gasteiger partial charge in [-0.05, 0) is 50.8 Å². The van der Waals surface area contributed by atoms with E-state index in [0.717, 1.165) is 42.0 Å². The predicted octanol–water partition coefficient (Wildman–Crippen LogP) is 2.94. The lowest BCUT2D eigenvalue weighted by molar-refractivity contribution is 0.742. The van der Waals surface area contributed by atoms with E-state index in [2.05, 4.69) is 47.1 Å². The minimum atomic E-state index is 0.495. The van der Waals surface area contributed by atoms with E-state index in [1.165, 1.54) is 16.8 Å². The first-order valence-electron chi connectivity index (χ1n) is 7.51. The zero-order valence-corrected chi connectivity index (χ0v) is 13.0. The molecule has 0 bridgehead atoms. The number of nitrogens with zero attached hydrogens (tertiary/aromatic N) is 3. The predicted molar refractivity (Wildman–Crippen MR) is 85.9 cm³/mol. The number of benzene rings is 1. The van der Waals surface area contributed by atoms with Crippen molar-refractivity contribution in [2.24, 2.45) is 5.73 Å². The molecule has 110 valence electrons. The highest BCUT2D eigenvalue weighted by Crippen LogP contribution is 2.35. The van der Waals surface area contributed by atoms with Gasteiger partial charge in [-0.1, -0.05) is 17.7 Å². The second kappa shape index (κ2) is 5.45. The molecule has 4 nitrogen and oxygen atoms in total. The average Bonchev–Trinajstić information content (AvgIpc) is 2.49. The van der Waals surface area contributed by atoms with Crippen LogP contribution in [0.5, 0.6) is 0 Å². The summed E-state index contributed by atoms with van der Waals surface area (Å²) in [6.07, 6.45) is 2.26. The van der Waals surface area contributed by atoms with E-state index >= 15 is 0 Å². The van der Waals surface area contributed by atoms with Crippen LogP contribution < -0.4 is 10.6 Å². The van der Waals surface area contributed by atoms with Crippen molar-refractivity contribution in [3.05, 3.63) is 46.1 Å². The molecule has 0 saturated heterocycles. The van der Waals surface area contributed by atoms with Crippen molar-refractivity contribution in [1.29, 1.82) is 0 Å². The summed E-state index contributed by atoms with van der Waals surface area (Å²) in [7, 11) is 0. The van der Waals surface area contributed by atoms with Crippen molar-refractivity contribution in [3.63, 3.8) is 0 Å². The van der Waals surface area contributed by atoms with Crippen molar-refractivity contribution in [2.45, 2.75) is 40.2 Å². The van der Waals surface area contributed by atoms with Gasteiger partial charge in [-0.3, -0.25) is 0 Å². The standard InChI is InChI=1S/C17H22N4/c1-11-6-7-16-14(9-11)5-4-8-21(16)17-15(10-18)12(2)13(3)19-20-17/h6-7,9H,4-5,8,10,18H2,1-3H3. The van der Waals surface area contributed by atoms with Crippen LogP contribution in [0.3, 0.4) is 0 Å². The minimum absolute atomic E-state index is 0.495. The molecule has 0 radical (unpaired) electrons. The molecule has 0 fully saturated rings. The van der Waals surface area contributed by atoms with Gasteiger partial charge in [0.2, 0.25) is 0 Å². The molecule has 1 aromatic carbocycles. The normalized spacial score (nSPS) is 14.2. The Balaban J connectivity index is 2.13. The fourth-order valence-corrected chi connectivity index (χ4v) is 3.05. The number of aromatic nitrogens is 2. The fraction of sp³-hybridized carbons (Fsp3) is 0.412. The number of aryl methyl sites for hydroxylation is 3. The molecule has 2 heterocycles. The molecule has 1 aliphatic heterocycles. The molecule has 0 saturated carbocycles. The molecule has 2 aromatic rings. The van der Waals surface area contributed by atoms with Gasteiger partial charge in [0.05, 0.1) is 5.69 Å². The zero-order valence-electron chi connectivity index (χ0n) is 13.0. The smallest absolute Gasteiger partial charge is 0.160 e. The van der Waals surface area contributed by atoms with E-state index in [9.17, 15) is 0 Å². The Hall–Kier alpha value is -1.94. The summed E-state index contributed by atoms with van der Waals surface area (Å²) in [5.74, 6) is 0.922. The van der Waals surface area contributed by atoms with Gasteiger partial charge >= 0.3 is 0 Å². The van der Waals surface area contributed by atoms with Crippen LogP contribution in [0.25, 0.3) is 0 Å². The van der Waals surface area contributed by atoms with Gasteiger partial charge in [-0.15, -0.1) is 5.10 Å². The Morgan fingerprint density at radius 2 is 2.00 bits per heavy atom. The highest BCUT2D eigenvalue weighted by molar-refractivity contribution is 5.68. The van der Waals surface area contributed by atoms with Crippen molar-refractivity contribution in [1.82, 2.24) is 10.2 Å². The van der Waals surface area contributed by atoms with Gasteiger partial charge in [0.1, 0.15) is 0 Å². The van der Waals surface area contributed by atoms with Crippen molar-refractivity contribution in [3.8, 4) is 0 Å². The zero-order chi connectivity index (χ0) is 15.0. The van der Waals surface area contributed by atoms with Crippen LogP contribution in [0.15, 0.2) is 18.2 Å². The van der Waals surface area contributed by atoms with Crippen LogP contribution in [0.4, 0.5) is 11.5 Å². The van der Waals surface area contributed by atoms with E-state index in [-0.39, 0.29) is 0 Å².